The molecule has 1 aliphatic heterocycles. The molecule has 0 N–H and O–H groups in total. The first kappa shape index (κ1) is 14.8. The van der Waals surface area contributed by atoms with E-state index in [2.05, 4.69) is 13.8 Å². The molecule has 0 radical (unpaired) electrons. The summed E-state index contributed by atoms with van der Waals surface area (Å²) in [6.07, 6.45) is 0.942. The molecular formula is C14H17ClN2O3. The number of hydrogen-bond acceptors (Lipinski definition) is 3. The van der Waals surface area contributed by atoms with Crippen molar-refractivity contribution in [2.24, 2.45) is 11.8 Å². The zero-order valence-electron chi connectivity index (χ0n) is 11.5. The van der Waals surface area contributed by atoms with Crippen LogP contribution in [0.1, 0.15) is 30.6 Å². The third-order valence-electron chi connectivity index (χ3n) is 3.84. The second-order valence-corrected chi connectivity index (χ2v) is 5.90. The molecule has 1 aliphatic rings. The van der Waals surface area contributed by atoms with Crippen LogP contribution in [0, 0.1) is 22.0 Å². The molecule has 1 heterocycles. The summed E-state index contributed by atoms with van der Waals surface area (Å²) >= 11 is 5.86. The van der Waals surface area contributed by atoms with Gasteiger partial charge < -0.3 is 4.90 Å². The Morgan fingerprint density at radius 3 is 2.75 bits per heavy atom. The summed E-state index contributed by atoms with van der Waals surface area (Å²) in [5.74, 6) is 0.654. The fraction of sp³-hybridized carbons (Fsp3) is 0.500. The Kier molecular flexibility index (Phi) is 4.28. The first-order valence-corrected chi connectivity index (χ1v) is 7.01. The van der Waals surface area contributed by atoms with Crippen molar-refractivity contribution in [1.82, 2.24) is 4.90 Å². The highest BCUT2D eigenvalue weighted by molar-refractivity contribution is 6.31. The third-order valence-corrected chi connectivity index (χ3v) is 4.08. The van der Waals surface area contributed by atoms with Gasteiger partial charge in [0.1, 0.15) is 5.56 Å². The van der Waals surface area contributed by atoms with Gasteiger partial charge in [0.05, 0.1) is 4.92 Å². The number of benzene rings is 1. The molecule has 6 heteroatoms. The highest BCUT2D eigenvalue weighted by atomic mass is 35.5. The van der Waals surface area contributed by atoms with Crippen molar-refractivity contribution in [1.29, 1.82) is 0 Å². The van der Waals surface area contributed by atoms with Crippen molar-refractivity contribution in [3.8, 4) is 0 Å². The highest BCUT2D eigenvalue weighted by Crippen LogP contribution is 2.28. The summed E-state index contributed by atoms with van der Waals surface area (Å²) in [7, 11) is 0. The van der Waals surface area contributed by atoms with Crippen molar-refractivity contribution < 1.29 is 9.72 Å². The standard InChI is InChI=1S/C14H17ClN2O3/c1-9(2)10-5-6-16(8-10)14(18)12-7-11(15)3-4-13(12)17(19)20/h3-4,7,9-10H,5-6,8H2,1-2H3. The van der Waals surface area contributed by atoms with Crippen LogP contribution in [0.25, 0.3) is 0 Å². The van der Waals surface area contributed by atoms with E-state index in [-0.39, 0.29) is 17.2 Å². The third kappa shape index (κ3) is 2.93. The van der Waals surface area contributed by atoms with Crippen molar-refractivity contribution in [3.05, 3.63) is 38.9 Å². The fourth-order valence-electron chi connectivity index (χ4n) is 2.53. The number of nitro groups is 1. The lowest BCUT2D eigenvalue weighted by Crippen LogP contribution is -2.29. The van der Waals surface area contributed by atoms with E-state index in [1.807, 2.05) is 0 Å². The summed E-state index contributed by atoms with van der Waals surface area (Å²) in [6, 6.07) is 4.09. The predicted octanol–water partition coefficient (Wildman–Crippen LogP) is 3.37. The van der Waals surface area contributed by atoms with Crippen LogP contribution in [-0.2, 0) is 0 Å². The van der Waals surface area contributed by atoms with Crippen molar-refractivity contribution in [2.75, 3.05) is 13.1 Å². The zero-order valence-corrected chi connectivity index (χ0v) is 12.3. The number of nitro benzene ring substituents is 1. The number of hydrogen-bond donors (Lipinski definition) is 0. The quantitative estimate of drug-likeness (QED) is 0.634. The molecule has 0 aliphatic carbocycles. The summed E-state index contributed by atoms with van der Waals surface area (Å²) in [6.45, 7) is 5.55. The monoisotopic (exact) mass is 296 g/mol. The van der Waals surface area contributed by atoms with Gasteiger partial charge in [-0.05, 0) is 30.4 Å². The molecule has 20 heavy (non-hydrogen) atoms. The van der Waals surface area contributed by atoms with Crippen LogP contribution in [0.15, 0.2) is 18.2 Å². The number of carbonyl (C=O) groups excluding carboxylic acids is 1. The highest BCUT2D eigenvalue weighted by Gasteiger charge is 2.31. The maximum Gasteiger partial charge on any atom is 0.282 e. The van der Waals surface area contributed by atoms with E-state index in [0.717, 1.165) is 6.42 Å². The molecule has 1 saturated heterocycles. The molecule has 0 saturated carbocycles. The first-order valence-electron chi connectivity index (χ1n) is 6.63. The largest absolute Gasteiger partial charge is 0.338 e. The molecule has 2 rings (SSSR count). The minimum Gasteiger partial charge on any atom is -0.338 e. The Bertz CT molecular complexity index is 545. The number of carbonyl (C=O) groups is 1. The van der Waals surface area contributed by atoms with E-state index in [4.69, 9.17) is 11.6 Å². The summed E-state index contributed by atoms with van der Waals surface area (Å²) < 4.78 is 0. The Hall–Kier alpha value is -1.62. The topological polar surface area (TPSA) is 63.5 Å². The van der Waals surface area contributed by atoms with Crippen LogP contribution in [0.3, 0.4) is 0 Å². The van der Waals surface area contributed by atoms with Gasteiger partial charge in [-0.1, -0.05) is 25.4 Å². The normalized spacial score (nSPS) is 18.6. The maximum absolute atomic E-state index is 12.5. The van der Waals surface area contributed by atoms with E-state index in [9.17, 15) is 14.9 Å². The predicted molar refractivity (Wildman–Crippen MR) is 77.0 cm³/mol. The van der Waals surface area contributed by atoms with Crippen LogP contribution in [0.4, 0.5) is 5.69 Å². The van der Waals surface area contributed by atoms with Crippen LogP contribution in [0.2, 0.25) is 5.02 Å². The minimum absolute atomic E-state index is 0.0758. The molecule has 0 spiro atoms. The molecular weight excluding hydrogens is 280 g/mol. The number of nitrogens with zero attached hydrogens (tertiary/aromatic N) is 2. The van der Waals surface area contributed by atoms with Crippen LogP contribution in [0.5, 0.6) is 0 Å². The Balaban J connectivity index is 2.26. The Morgan fingerprint density at radius 2 is 2.20 bits per heavy atom. The smallest absolute Gasteiger partial charge is 0.282 e. The van der Waals surface area contributed by atoms with Gasteiger partial charge in [0, 0.05) is 24.2 Å². The number of halogens is 1. The molecule has 1 unspecified atom stereocenters. The first-order chi connectivity index (χ1) is 9.40. The molecule has 5 nitrogen and oxygen atoms in total. The average molecular weight is 297 g/mol. The maximum atomic E-state index is 12.5. The number of rotatable bonds is 3. The van der Waals surface area contributed by atoms with Crippen LogP contribution >= 0.6 is 11.6 Å². The molecule has 1 fully saturated rings. The zero-order chi connectivity index (χ0) is 14.9. The van der Waals surface area contributed by atoms with Crippen molar-refractivity contribution in [2.45, 2.75) is 20.3 Å². The summed E-state index contributed by atoms with van der Waals surface area (Å²) in [5, 5.41) is 11.3. The Labute approximate surface area is 122 Å². The lowest BCUT2D eigenvalue weighted by atomic mass is 9.95. The number of likely N-dealkylation sites (tertiary alicyclic amines) is 1. The second-order valence-electron chi connectivity index (χ2n) is 5.46. The van der Waals surface area contributed by atoms with Gasteiger partial charge in [-0.15, -0.1) is 0 Å². The second kappa shape index (κ2) is 5.79. The summed E-state index contributed by atoms with van der Waals surface area (Å²) in [5.41, 5.74) is -0.112. The van der Waals surface area contributed by atoms with Gasteiger partial charge in [-0.25, -0.2) is 0 Å². The van der Waals surface area contributed by atoms with Crippen molar-refractivity contribution >= 4 is 23.2 Å². The Morgan fingerprint density at radius 1 is 1.50 bits per heavy atom. The molecule has 0 bridgehead atoms. The minimum atomic E-state index is -0.542. The van der Waals surface area contributed by atoms with Gasteiger partial charge in [0.2, 0.25) is 0 Å². The molecule has 1 aromatic carbocycles. The average Bonchev–Trinajstić information content (AvgIpc) is 2.87. The van der Waals surface area contributed by atoms with E-state index in [1.54, 1.807) is 4.90 Å². The number of amides is 1. The SMILES string of the molecule is CC(C)C1CCN(C(=O)c2cc(Cl)ccc2[N+](=O)[O-])C1. The summed E-state index contributed by atoms with van der Waals surface area (Å²) in [4.78, 5) is 24.6. The molecule has 1 atom stereocenters. The van der Waals surface area contributed by atoms with E-state index in [0.29, 0.717) is 29.9 Å². The van der Waals surface area contributed by atoms with E-state index in [1.165, 1.54) is 18.2 Å². The fourth-order valence-corrected chi connectivity index (χ4v) is 2.70. The van der Waals surface area contributed by atoms with E-state index >= 15 is 0 Å². The van der Waals surface area contributed by atoms with Crippen LogP contribution in [-0.4, -0.2) is 28.8 Å². The van der Waals surface area contributed by atoms with Gasteiger partial charge in [0.15, 0.2) is 0 Å². The van der Waals surface area contributed by atoms with Gasteiger partial charge in [0.25, 0.3) is 11.6 Å². The van der Waals surface area contributed by atoms with E-state index < -0.39 is 4.92 Å². The van der Waals surface area contributed by atoms with Gasteiger partial charge in [-0.3, -0.25) is 14.9 Å². The van der Waals surface area contributed by atoms with Crippen LogP contribution < -0.4 is 0 Å². The lowest BCUT2D eigenvalue weighted by molar-refractivity contribution is -0.385. The molecule has 0 aromatic heterocycles. The molecule has 108 valence electrons. The molecule has 1 aromatic rings. The lowest BCUT2D eigenvalue weighted by Gasteiger charge is -2.18. The van der Waals surface area contributed by atoms with Gasteiger partial charge >= 0.3 is 0 Å². The van der Waals surface area contributed by atoms with Crippen molar-refractivity contribution in [3.63, 3.8) is 0 Å². The molecule has 1 amide bonds. The van der Waals surface area contributed by atoms with Gasteiger partial charge in [-0.2, -0.15) is 0 Å².